The molecule has 10 rings (SSSR count). The molecule has 262 valence electrons. The van der Waals surface area contributed by atoms with Crippen LogP contribution in [0.3, 0.4) is 0 Å². The minimum atomic E-state index is 0.618. The first-order valence-electron chi connectivity index (χ1n) is 18.8. The van der Waals surface area contributed by atoms with E-state index in [1.165, 1.54) is 21.9 Å². The van der Waals surface area contributed by atoms with Crippen LogP contribution >= 0.6 is 0 Å². The molecule has 0 aliphatic heterocycles. The first kappa shape index (κ1) is 33.0. The molecule has 2 aromatic heterocycles. The predicted octanol–water partition coefficient (Wildman–Crippen LogP) is 13.2. The Morgan fingerprint density at radius 3 is 1.36 bits per heavy atom. The Bertz CT molecular complexity index is 2930. The van der Waals surface area contributed by atoms with Crippen molar-refractivity contribution in [2.24, 2.45) is 0 Å². The number of aromatic nitrogens is 4. The van der Waals surface area contributed by atoms with Crippen molar-refractivity contribution in [1.82, 2.24) is 19.9 Å². The van der Waals surface area contributed by atoms with Gasteiger partial charge in [0.15, 0.2) is 17.5 Å². The zero-order valence-corrected chi connectivity index (χ0v) is 30.4. The summed E-state index contributed by atoms with van der Waals surface area (Å²) in [4.78, 5) is 19.9. The number of rotatable bonds is 7. The van der Waals surface area contributed by atoms with Crippen LogP contribution in [0.2, 0.25) is 0 Å². The number of pyridine rings is 1. The van der Waals surface area contributed by atoms with Crippen molar-refractivity contribution in [1.29, 1.82) is 0 Å². The summed E-state index contributed by atoms with van der Waals surface area (Å²) in [5.41, 5.74) is 12.7. The third kappa shape index (κ3) is 6.50. The largest absolute Gasteiger partial charge is 0.256 e. The molecule has 0 aliphatic rings. The monoisotopic (exact) mass is 714 g/mol. The van der Waals surface area contributed by atoms with Gasteiger partial charge in [0.25, 0.3) is 0 Å². The fourth-order valence-electron chi connectivity index (χ4n) is 7.43. The van der Waals surface area contributed by atoms with E-state index >= 15 is 0 Å². The smallest absolute Gasteiger partial charge is 0.164 e. The summed E-state index contributed by atoms with van der Waals surface area (Å²) in [6.45, 7) is 0. The SMILES string of the molecule is c1ccc(-c2nc(-c3ccccc3)nc(-c3cc(-c4ccc(-c5cnc6ccccc6c5)cc4)cc(-c4ccc(-c5cccc6ccccc56)cc4)c3)n2)cc1. The molecule has 2 heterocycles. The normalized spacial score (nSPS) is 11.2. The minimum Gasteiger partial charge on any atom is -0.256 e. The second-order valence-electron chi connectivity index (χ2n) is 13.9. The summed E-state index contributed by atoms with van der Waals surface area (Å²) < 4.78 is 0. The third-order valence-corrected chi connectivity index (χ3v) is 10.4. The fourth-order valence-corrected chi connectivity index (χ4v) is 7.43. The summed E-state index contributed by atoms with van der Waals surface area (Å²) >= 11 is 0. The van der Waals surface area contributed by atoms with Gasteiger partial charge in [0, 0.05) is 33.8 Å². The lowest BCUT2D eigenvalue weighted by Gasteiger charge is -2.13. The third-order valence-electron chi connectivity index (χ3n) is 10.4. The van der Waals surface area contributed by atoms with Crippen molar-refractivity contribution >= 4 is 21.7 Å². The van der Waals surface area contributed by atoms with Crippen LogP contribution in [0.4, 0.5) is 0 Å². The van der Waals surface area contributed by atoms with Gasteiger partial charge in [0.2, 0.25) is 0 Å². The van der Waals surface area contributed by atoms with Gasteiger partial charge in [0.1, 0.15) is 0 Å². The number of para-hydroxylation sites is 1. The average Bonchev–Trinajstić information content (AvgIpc) is 3.29. The highest BCUT2D eigenvalue weighted by molar-refractivity contribution is 5.97. The maximum absolute atomic E-state index is 5.10. The molecule has 0 N–H and O–H groups in total. The molecule has 10 aromatic rings. The average molecular weight is 715 g/mol. The van der Waals surface area contributed by atoms with Gasteiger partial charge in [-0.15, -0.1) is 0 Å². The summed E-state index contributed by atoms with van der Waals surface area (Å²) in [6.07, 6.45) is 1.95. The highest BCUT2D eigenvalue weighted by Gasteiger charge is 2.15. The van der Waals surface area contributed by atoms with E-state index < -0.39 is 0 Å². The van der Waals surface area contributed by atoms with Crippen LogP contribution in [0, 0.1) is 0 Å². The molecule has 56 heavy (non-hydrogen) atoms. The molecule has 4 nitrogen and oxygen atoms in total. The quantitative estimate of drug-likeness (QED) is 0.165. The van der Waals surface area contributed by atoms with Crippen molar-refractivity contribution in [2.45, 2.75) is 0 Å². The van der Waals surface area contributed by atoms with E-state index in [4.69, 9.17) is 19.9 Å². The molecule has 0 amide bonds. The summed E-state index contributed by atoms with van der Waals surface area (Å²) in [5.74, 6) is 1.88. The van der Waals surface area contributed by atoms with Crippen LogP contribution in [0.15, 0.2) is 206 Å². The molecule has 8 aromatic carbocycles. The predicted molar refractivity (Wildman–Crippen MR) is 231 cm³/mol. The van der Waals surface area contributed by atoms with Crippen LogP contribution in [-0.2, 0) is 0 Å². The molecule has 0 saturated heterocycles. The number of benzene rings is 8. The van der Waals surface area contributed by atoms with Gasteiger partial charge in [-0.2, -0.15) is 0 Å². The van der Waals surface area contributed by atoms with Gasteiger partial charge >= 0.3 is 0 Å². The number of hydrogen-bond acceptors (Lipinski definition) is 4. The van der Waals surface area contributed by atoms with E-state index in [1.54, 1.807) is 0 Å². The first-order chi connectivity index (χ1) is 27.7. The summed E-state index contributed by atoms with van der Waals surface area (Å²) in [7, 11) is 0. The lowest BCUT2D eigenvalue weighted by atomic mass is 9.93. The van der Waals surface area contributed by atoms with E-state index in [0.29, 0.717) is 17.5 Å². The molecule has 0 radical (unpaired) electrons. The Labute approximate surface area is 325 Å². The van der Waals surface area contributed by atoms with E-state index in [2.05, 4.69) is 127 Å². The van der Waals surface area contributed by atoms with Crippen molar-refractivity contribution < 1.29 is 0 Å². The second kappa shape index (κ2) is 14.3. The maximum Gasteiger partial charge on any atom is 0.164 e. The van der Waals surface area contributed by atoms with Crippen LogP contribution < -0.4 is 0 Å². The molecular formula is C52H34N4. The molecular weight excluding hydrogens is 681 g/mol. The lowest BCUT2D eigenvalue weighted by Crippen LogP contribution is -2.00. The van der Waals surface area contributed by atoms with Gasteiger partial charge in [-0.25, -0.2) is 15.0 Å². The van der Waals surface area contributed by atoms with E-state index in [9.17, 15) is 0 Å². The topological polar surface area (TPSA) is 51.6 Å². The molecule has 0 spiro atoms. The maximum atomic E-state index is 5.10. The summed E-state index contributed by atoms with van der Waals surface area (Å²) in [6, 6.07) is 70.0. The molecule has 4 heteroatoms. The standard InChI is InChI=1S/C52H34N4/c1-3-13-40(14-4-1)50-54-51(41-15-5-2-6-16-41)56-52(55-50)45-32-43(35-22-24-37(25-23-35)46-30-42-17-8-10-21-49(42)53-34-46)31-44(33-45)36-26-28-39(29-27-36)48-20-11-18-38-12-7-9-19-47(38)48/h1-34H. The van der Waals surface area contributed by atoms with Crippen LogP contribution in [0.1, 0.15) is 0 Å². The Morgan fingerprint density at radius 2 is 0.732 bits per heavy atom. The highest BCUT2D eigenvalue weighted by atomic mass is 15.0. The van der Waals surface area contributed by atoms with Crippen LogP contribution in [0.25, 0.3) is 100 Å². The molecule has 0 saturated carbocycles. The Kier molecular flexibility index (Phi) is 8.47. The van der Waals surface area contributed by atoms with Gasteiger partial charge < -0.3 is 0 Å². The Hall–Kier alpha value is -7.56. The fraction of sp³-hybridized carbons (Fsp3) is 0. The van der Waals surface area contributed by atoms with Gasteiger partial charge in [-0.1, -0.05) is 170 Å². The Balaban J connectivity index is 1.10. The van der Waals surface area contributed by atoms with E-state index in [-0.39, 0.29) is 0 Å². The van der Waals surface area contributed by atoms with Gasteiger partial charge in [-0.3, -0.25) is 4.98 Å². The van der Waals surface area contributed by atoms with Crippen molar-refractivity contribution in [3.8, 4) is 78.7 Å². The molecule has 0 atom stereocenters. The number of fused-ring (bicyclic) bond motifs is 2. The highest BCUT2D eigenvalue weighted by Crippen LogP contribution is 2.36. The zero-order chi connectivity index (χ0) is 37.3. The van der Waals surface area contributed by atoms with Gasteiger partial charge in [-0.05, 0) is 80.0 Å². The van der Waals surface area contributed by atoms with Crippen molar-refractivity contribution in [2.75, 3.05) is 0 Å². The van der Waals surface area contributed by atoms with Crippen LogP contribution in [0.5, 0.6) is 0 Å². The van der Waals surface area contributed by atoms with Crippen molar-refractivity contribution in [3.63, 3.8) is 0 Å². The van der Waals surface area contributed by atoms with E-state index in [0.717, 1.165) is 61.0 Å². The van der Waals surface area contributed by atoms with E-state index in [1.807, 2.05) is 79.0 Å². The second-order valence-corrected chi connectivity index (χ2v) is 13.9. The molecule has 0 aliphatic carbocycles. The van der Waals surface area contributed by atoms with Crippen LogP contribution in [-0.4, -0.2) is 19.9 Å². The van der Waals surface area contributed by atoms with Crippen molar-refractivity contribution in [3.05, 3.63) is 206 Å². The van der Waals surface area contributed by atoms with Gasteiger partial charge in [0.05, 0.1) is 5.52 Å². The first-order valence-corrected chi connectivity index (χ1v) is 18.8. The molecule has 0 unspecified atom stereocenters. The number of hydrogen-bond donors (Lipinski definition) is 0. The zero-order valence-electron chi connectivity index (χ0n) is 30.4. The Morgan fingerprint density at radius 1 is 0.268 bits per heavy atom. The molecule has 0 fully saturated rings. The minimum absolute atomic E-state index is 0.618. The summed E-state index contributed by atoms with van der Waals surface area (Å²) in [5, 5.41) is 3.60. The molecule has 0 bridgehead atoms. The lowest BCUT2D eigenvalue weighted by molar-refractivity contribution is 1.07. The number of nitrogens with zero attached hydrogens (tertiary/aromatic N) is 4.